The van der Waals surface area contributed by atoms with E-state index in [0.29, 0.717) is 0 Å². The van der Waals surface area contributed by atoms with Crippen molar-refractivity contribution in [2.75, 3.05) is 6.54 Å². The minimum atomic E-state index is -1.21. The van der Waals surface area contributed by atoms with E-state index in [0.717, 1.165) is 22.0 Å². The molecule has 1 aromatic heterocycles. The Bertz CT molecular complexity index is 1190. The summed E-state index contributed by atoms with van der Waals surface area (Å²) >= 11 is 0. The van der Waals surface area contributed by atoms with Gasteiger partial charge in [0.25, 0.3) is 0 Å². The average molecular weight is 480 g/mol. The molecule has 3 amide bonds. The molecule has 0 spiro atoms. The summed E-state index contributed by atoms with van der Waals surface area (Å²) in [6.45, 7) is 0.917. The van der Waals surface area contributed by atoms with Gasteiger partial charge < -0.3 is 31.8 Å². The lowest BCUT2D eigenvalue weighted by Gasteiger charge is -2.24. The number of fused-ring (bicyclic) bond motifs is 1. The SMILES string of the molecule is CC(N)C(=O)NC(Cc1ccccc1)C(=O)NC(Cc1c[nH]c2ccccc12)C(=O)NCC(=O)O. The summed E-state index contributed by atoms with van der Waals surface area (Å²) in [6.07, 6.45) is 2.04. The molecule has 184 valence electrons. The van der Waals surface area contributed by atoms with E-state index < -0.39 is 48.4 Å². The standard InChI is InChI=1S/C25H29N5O5/c1-15(26)23(33)29-20(11-16-7-3-2-4-8-16)25(35)30-21(24(34)28-14-22(31)32)12-17-13-27-19-10-6-5-9-18(17)19/h2-10,13,15,20-21,27H,11-12,14,26H2,1H3,(H,28,34)(H,29,33)(H,30,35)(H,31,32). The van der Waals surface area contributed by atoms with Crippen molar-refractivity contribution < 1.29 is 24.3 Å². The zero-order chi connectivity index (χ0) is 25.4. The summed E-state index contributed by atoms with van der Waals surface area (Å²) in [5.74, 6) is -2.95. The Kier molecular flexibility index (Phi) is 8.58. The molecule has 35 heavy (non-hydrogen) atoms. The molecule has 10 nitrogen and oxygen atoms in total. The van der Waals surface area contributed by atoms with Crippen LogP contribution in [0.1, 0.15) is 18.1 Å². The number of carbonyl (C=O) groups is 4. The molecule has 0 aliphatic carbocycles. The first-order chi connectivity index (χ1) is 16.7. The highest BCUT2D eigenvalue weighted by molar-refractivity contribution is 5.94. The molecule has 3 unspecified atom stereocenters. The van der Waals surface area contributed by atoms with Gasteiger partial charge >= 0.3 is 5.97 Å². The molecule has 7 N–H and O–H groups in total. The van der Waals surface area contributed by atoms with Crippen molar-refractivity contribution >= 4 is 34.6 Å². The molecule has 0 radical (unpaired) electrons. The number of benzene rings is 2. The molecule has 3 atom stereocenters. The first kappa shape index (κ1) is 25.4. The van der Waals surface area contributed by atoms with Crippen LogP contribution in [0.15, 0.2) is 60.8 Å². The Hall–Kier alpha value is -4.18. The highest BCUT2D eigenvalue weighted by Crippen LogP contribution is 2.19. The van der Waals surface area contributed by atoms with Crippen LogP contribution in [0.4, 0.5) is 0 Å². The average Bonchev–Trinajstić information content (AvgIpc) is 3.25. The fourth-order valence-electron chi connectivity index (χ4n) is 3.65. The number of aromatic amines is 1. The largest absolute Gasteiger partial charge is 0.480 e. The predicted molar refractivity (Wildman–Crippen MR) is 130 cm³/mol. The van der Waals surface area contributed by atoms with Crippen LogP contribution >= 0.6 is 0 Å². The van der Waals surface area contributed by atoms with Crippen LogP contribution in [0.5, 0.6) is 0 Å². The van der Waals surface area contributed by atoms with Crippen molar-refractivity contribution in [3.63, 3.8) is 0 Å². The zero-order valence-corrected chi connectivity index (χ0v) is 19.3. The molecule has 10 heteroatoms. The van der Waals surface area contributed by atoms with E-state index in [9.17, 15) is 19.2 Å². The van der Waals surface area contributed by atoms with Gasteiger partial charge in [-0.15, -0.1) is 0 Å². The fraction of sp³-hybridized carbons (Fsp3) is 0.280. The number of carboxylic acids is 1. The van der Waals surface area contributed by atoms with Crippen molar-refractivity contribution in [1.82, 2.24) is 20.9 Å². The summed E-state index contributed by atoms with van der Waals surface area (Å²) in [7, 11) is 0. The predicted octanol–water partition coefficient (Wildman–Crippen LogP) is 0.471. The molecule has 0 saturated heterocycles. The number of rotatable bonds is 11. The smallest absolute Gasteiger partial charge is 0.322 e. The van der Waals surface area contributed by atoms with Gasteiger partial charge in [-0.05, 0) is 24.1 Å². The quantitative estimate of drug-likeness (QED) is 0.234. The molecule has 0 aliphatic heterocycles. The summed E-state index contributed by atoms with van der Waals surface area (Å²) in [6, 6.07) is 13.7. The Morgan fingerprint density at radius 2 is 1.51 bits per heavy atom. The van der Waals surface area contributed by atoms with Crippen molar-refractivity contribution in [1.29, 1.82) is 0 Å². The summed E-state index contributed by atoms with van der Waals surface area (Å²) in [5, 5.41) is 17.5. The third-order valence-corrected chi connectivity index (χ3v) is 5.47. The molecule has 2 aromatic carbocycles. The fourth-order valence-corrected chi connectivity index (χ4v) is 3.65. The molecule has 0 aliphatic rings. The minimum absolute atomic E-state index is 0.112. The second-order valence-corrected chi connectivity index (χ2v) is 8.28. The number of aliphatic carboxylic acids is 1. The second kappa shape index (κ2) is 11.8. The summed E-state index contributed by atoms with van der Waals surface area (Å²) in [5.41, 5.74) is 8.12. The molecular weight excluding hydrogens is 450 g/mol. The lowest BCUT2D eigenvalue weighted by atomic mass is 10.0. The van der Waals surface area contributed by atoms with E-state index >= 15 is 0 Å². The van der Waals surface area contributed by atoms with Crippen molar-refractivity contribution in [3.05, 3.63) is 71.9 Å². The molecule has 1 heterocycles. The van der Waals surface area contributed by atoms with Crippen LogP contribution in [-0.2, 0) is 32.0 Å². The van der Waals surface area contributed by atoms with Gasteiger partial charge in [-0.25, -0.2) is 0 Å². The Balaban J connectivity index is 1.84. The van der Waals surface area contributed by atoms with Crippen molar-refractivity contribution in [3.8, 4) is 0 Å². The zero-order valence-electron chi connectivity index (χ0n) is 19.3. The first-order valence-electron chi connectivity index (χ1n) is 11.2. The normalized spacial score (nSPS) is 13.4. The molecule has 3 aromatic rings. The van der Waals surface area contributed by atoms with E-state index in [2.05, 4.69) is 20.9 Å². The Morgan fingerprint density at radius 3 is 2.20 bits per heavy atom. The minimum Gasteiger partial charge on any atom is -0.480 e. The second-order valence-electron chi connectivity index (χ2n) is 8.28. The number of para-hydroxylation sites is 1. The van der Waals surface area contributed by atoms with Gasteiger partial charge in [0.1, 0.15) is 18.6 Å². The van der Waals surface area contributed by atoms with E-state index in [-0.39, 0.29) is 12.8 Å². The third-order valence-electron chi connectivity index (χ3n) is 5.47. The van der Waals surface area contributed by atoms with Gasteiger partial charge in [-0.1, -0.05) is 48.5 Å². The van der Waals surface area contributed by atoms with Gasteiger partial charge in [-0.3, -0.25) is 19.2 Å². The highest BCUT2D eigenvalue weighted by Gasteiger charge is 2.28. The number of H-pyrrole nitrogens is 1. The van der Waals surface area contributed by atoms with Crippen LogP contribution in [0, 0.1) is 0 Å². The van der Waals surface area contributed by atoms with Gasteiger partial charge in [-0.2, -0.15) is 0 Å². The molecule has 0 bridgehead atoms. The number of carbonyl (C=O) groups excluding carboxylic acids is 3. The van der Waals surface area contributed by atoms with E-state index in [1.165, 1.54) is 6.92 Å². The number of aromatic nitrogens is 1. The first-order valence-corrected chi connectivity index (χ1v) is 11.2. The topological polar surface area (TPSA) is 166 Å². The lowest BCUT2D eigenvalue weighted by molar-refractivity contribution is -0.138. The molecule has 0 saturated carbocycles. The van der Waals surface area contributed by atoms with Gasteiger partial charge in [0.15, 0.2) is 0 Å². The van der Waals surface area contributed by atoms with E-state index in [1.807, 2.05) is 54.6 Å². The highest BCUT2D eigenvalue weighted by atomic mass is 16.4. The maximum Gasteiger partial charge on any atom is 0.322 e. The van der Waals surface area contributed by atoms with Crippen LogP contribution in [0.25, 0.3) is 10.9 Å². The molecule has 3 rings (SSSR count). The maximum atomic E-state index is 13.3. The number of carboxylic acid groups (broad SMARTS) is 1. The maximum absolute atomic E-state index is 13.3. The number of nitrogens with two attached hydrogens (primary N) is 1. The number of amides is 3. The Morgan fingerprint density at radius 1 is 0.886 bits per heavy atom. The third kappa shape index (κ3) is 7.15. The van der Waals surface area contributed by atoms with Gasteiger partial charge in [0, 0.05) is 29.9 Å². The van der Waals surface area contributed by atoms with Crippen LogP contribution in [0.2, 0.25) is 0 Å². The van der Waals surface area contributed by atoms with Crippen LogP contribution < -0.4 is 21.7 Å². The summed E-state index contributed by atoms with van der Waals surface area (Å²) in [4.78, 5) is 52.5. The van der Waals surface area contributed by atoms with Crippen molar-refractivity contribution in [2.24, 2.45) is 5.73 Å². The number of hydrogen-bond donors (Lipinski definition) is 6. The lowest BCUT2D eigenvalue weighted by Crippen LogP contribution is -2.56. The summed E-state index contributed by atoms with van der Waals surface area (Å²) < 4.78 is 0. The van der Waals surface area contributed by atoms with E-state index in [1.54, 1.807) is 6.20 Å². The van der Waals surface area contributed by atoms with Crippen molar-refractivity contribution in [2.45, 2.75) is 37.9 Å². The number of hydrogen-bond acceptors (Lipinski definition) is 5. The van der Waals surface area contributed by atoms with E-state index in [4.69, 9.17) is 10.8 Å². The van der Waals surface area contributed by atoms with Crippen LogP contribution in [0.3, 0.4) is 0 Å². The molecule has 0 fully saturated rings. The number of nitrogens with one attached hydrogen (secondary N) is 4. The van der Waals surface area contributed by atoms with Gasteiger partial charge in [0.05, 0.1) is 6.04 Å². The Labute approximate surface area is 202 Å². The van der Waals surface area contributed by atoms with Gasteiger partial charge in [0.2, 0.25) is 17.7 Å². The monoisotopic (exact) mass is 479 g/mol. The van der Waals surface area contributed by atoms with Crippen LogP contribution in [-0.4, -0.2) is 58.5 Å². The molecular formula is C25H29N5O5.